The summed E-state index contributed by atoms with van der Waals surface area (Å²) in [6, 6.07) is 11.9. The van der Waals surface area contributed by atoms with Gasteiger partial charge >= 0.3 is 12.1 Å². The molecular formula is C26H29F5N4O4. The van der Waals surface area contributed by atoms with Crippen molar-refractivity contribution >= 4 is 23.5 Å². The maximum absolute atomic E-state index is 13.0. The fourth-order valence-corrected chi connectivity index (χ4v) is 4.94. The summed E-state index contributed by atoms with van der Waals surface area (Å²) in [6.07, 6.45) is -1.65. The van der Waals surface area contributed by atoms with E-state index >= 15 is 0 Å². The minimum absolute atomic E-state index is 0.0157. The fourth-order valence-electron chi connectivity index (χ4n) is 4.94. The number of anilines is 1. The first-order valence-electron chi connectivity index (χ1n) is 12.4. The van der Waals surface area contributed by atoms with Crippen molar-refractivity contribution in [1.82, 2.24) is 15.2 Å². The number of nitrogens with zero attached hydrogens (tertiary/aromatic N) is 3. The molecule has 39 heavy (non-hydrogen) atoms. The van der Waals surface area contributed by atoms with Crippen LogP contribution in [0.3, 0.4) is 0 Å². The van der Waals surface area contributed by atoms with E-state index in [2.05, 4.69) is 15.2 Å². The summed E-state index contributed by atoms with van der Waals surface area (Å²) >= 11 is 0. The van der Waals surface area contributed by atoms with Crippen LogP contribution >= 0.6 is 0 Å². The molecule has 2 amide bonds. The summed E-state index contributed by atoms with van der Waals surface area (Å²) in [5, 5.41) is 9.88. The van der Waals surface area contributed by atoms with E-state index in [0.29, 0.717) is 12.1 Å². The molecule has 212 valence electrons. The highest BCUT2D eigenvalue weighted by Crippen LogP contribution is 2.39. The number of pyridine rings is 1. The number of halogens is 5. The fraction of sp³-hybridized carbons (Fsp3) is 0.462. The zero-order chi connectivity index (χ0) is 28.6. The minimum atomic E-state index is -5.08. The van der Waals surface area contributed by atoms with Crippen LogP contribution in [0.15, 0.2) is 48.7 Å². The number of amides is 2. The first kappa shape index (κ1) is 29.8. The molecule has 1 atom stereocenters. The van der Waals surface area contributed by atoms with Crippen molar-refractivity contribution in [2.45, 2.75) is 50.2 Å². The normalized spacial score (nSPS) is 19.3. The zero-order valence-electron chi connectivity index (χ0n) is 21.0. The van der Waals surface area contributed by atoms with E-state index in [1.54, 1.807) is 30.3 Å². The molecule has 0 radical (unpaired) electrons. The van der Waals surface area contributed by atoms with Crippen LogP contribution in [-0.4, -0.2) is 70.7 Å². The molecule has 4 rings (SSSR count). The van der Waals surface area contributed by atoms with Gasteiger partial charge in [0.15, 0.2) is 0 Å². The van der Waals surface area contributed by atoms with E-state index in [9.17, 15) is 31.5 Å². The Kier molecular flexibility index (Phi) is 9.81. The first-order valence-corrected chi connectivity index (χ1v) is 12.4. The van der Waals surface area contributed by atoms with E-state index in [1.165, 1.54) is 12.3 Å². The van der Waals surface area contributed by atoms with Gasteiger partial charge in [0.1, 0.15) is 5.69 Å². The Morgan fingerprint density at radius 1 is 0.974 bits per heavy atom. The molecule has 1 aromatic heterocycles. The predicted octanol–water partition coefficient (Wildman–Crippen LogP) is 4.43. The standard InChI is InChI=1S/C24H28F2N4O2.C2HF3O2/c25-22(26)20-9-8-19(16-27-20)29-13-4-10-24(12-15-29)11-5-14-30(24)21(31)17-28-23(32)18-6-2-1-3-7-18;3-2(4,5)1(6)7/h1-3,6-9,16,22H,4-5,10-15,17H2,(H,28,32);(H,6,7). The highest BCUT2D eigenvalue weighted by molar-refractivity contribution is 5.96. The third-order valence-electron chi connectivity index (χ3n) is 6.85. The lowest BCUT2D eigenvalue weighted by Gasteiger charge is -2.38. The van der Waals surface area contributed by atoms with Crippen molar-refractivity contribution in [3.63, 3.8) is 0 Å². The van der Waals surface area contributed by atoms with Gasteiger partial charge in [0, 0.05) is 30.7 Å². The number of nitrogens with one attached hydrogen (secondary N) is 1. The van der Waals surface area contributed by atoms with Crippen LogP contribution in [0, 0.1) is 0 Å². The van der Waals surface area contributed by atoms with Crippen LogP contribution in [0.2, 0.25) is 0 Å². The lowest BCUT2D eigenvalue weighted by molar-refractivity contribution is -0.192. The van der Waals surface area contributed by atoms with Gasteiger partial charge in [0.05, 0.1) is 18.4 Å². The molecule has 2 aromatic rings. The Hall–Kier alpha value is -3.77. The lowest BCUT2D eigenvalue weighted by atomic mass is 9.87. The molecule has 1 unspecified atom stereocenters. The Morgan fingerprint density at radius 3 is 2.18 bits per heavy atom. The number of carbonyl (C=O) groups is 3. The van der Waals surface area contributed by atoms with Gasteiger partial charge in [-0.15, -0.1) is 0 Å². The van der Waals surface area contributed by atoms with Gasteiger partial charge < -0.3 is 20.2 Å². The zero-order valence-corrected chi connectivity index (χ0v) is 21.0. The van der Waals surface area contributed by atoms with Gasteiger partial charge in [0.2, 0.25) is 5.91 Å². The van der Waals surface area contributed by atoms with Gasteiger partial charge in [0.25, 0.3) is 12.3 Å². The average molecular weight is 557 g/mol. The summed E-state index contributed by atoms with van der Waals surface area (Å²) in [4.78, 5) is 42.2. The van der Waals surface area contributed by atoms with Gasteiger partial charge in [-0.25, -0.2) is 13.6 Å². The number of likely N-dealkylation sites (tertiary alicyclic amines) is 1. The van der Waals surface area contributed by atoms with Gasteiger partial charge in [-0.3, -0.25) is 14.6 Å². The second kappa shape index (κ2) is 12.9. The van der Waals surface area contributed by atoms with Crippen molar-refractivity contribution in [2.24, 2.45) is 0 Å². The van der Waals surface area contributed by atoms with E-state index < -0.39 is 18.6 Å². The second-order valence-electron chi connectivity index (χ2n) is 9.31. The third kappa shape index (κ3) is 7.87. The van der Waals surface area contributed by atoms with Crippen LogP contribution in [0.1, 0.15) is 54.6 Å². The molecule has 2 aliphatic heterocycles. The summed E-state index contributed by atoms with van der Waals surface area (Å²) in [5.74, 6) is -3.06. The Morgan fingerprint density at radius 2 is 1.62 bits per heavy atom. The molecule has 1 aromatic carbocycles. The molecule has 2 aliphatic rings. The maximum Gasteiger partial charge on any atom is 0.490 e. The Labute approximate surface area is 221 Å². The molecule has 0 aliphatic carbocycles. The average Bonchev–Trinajstić information content (AvgIpc) is 3.20. The third-order valence-corrected chi connectivity index (χ3v) is 6.85. The number of aliphatic carboxylic acids is 1. The molecule has 0 saturated carbocycles. The molecule has 3 heterocycles. The number of carboxylic acid groups (broad SMARTS) is 1. The highest BCUT2D eigenvalue weighted by atomic mass is 19.4. The smallest absolute Gasteiger partial charge is 0.475 e. The van der Waals surface area contributed by atoms with E-state index in [-0.39, 0.29) is 29.6 Å². The number of hydrogen-bond donors (Lipinski definition) is 2. The minimum Gasteiger partial charge on any atom is -0.475 e. The van der Waals surface area contributed by atoms with Crippen molar-refractivity contribution in [3.05, 3.63) is 59.9 Å². The number of benzene rings is 1. The van der Waals surface area contributed by atoms with E-state index in [4.69, 9.17) is 9.90 Å². The maximum atomic E-state index is 13.0. The summed E-state index contributed by atoms with van der Waals surface area (Å²) in [5.41, 5.74) is 0.940. The highest BCUT2D eigenvalue weighted by Gasteiger charge is 2.44. The lowest BCUT2D eigenvalue weighted by Crippen LogP contribution is -2.51. The first-order chi connectivity index (χ1) is 18.4. The molecule has 13 heteroatoms. The largest absolute Gasteiger partial charge is 0.490 e. The monoisotopic (exact) mass is 556 g/mol. The Bertz CT molecular complexity index is 1130. The molecule has 0 bridgehead atoms. The summed E-state index contributed by atoms with van der Waals surface area (Å²) < 4.78 is 57.3. The number of carbonyl (C=O) groups excluding carboxylic acids is 2. The van der Waals surface area contributed by atoms with Gasteiger partial charge in [-0.05, 0) is 56.4 Å². The van der Waals surface area contributed by atoms with Gasteiger partial charge in [-0.2, -0.15) is 13.2 Å². The number of carboxylic acids is 1. The van der Waals surface area contributed by atoms with Gasteiger partial charge in [-0.1, -0.05) is 18.2 Å². The van der Waals surface area contributed by atoms with Crippen molar-refractivity contribution < 1.29 is 41.4 Å². The number of aromatic nitrogens is 1. The SMILES string of the molecule is O=C(NCC(=O)N1CCCC12CCCN(c1ccc(C(F)F)nc1)CC2)c1ccccc1.O=C(O)C(F)(F)F. The molecular weight excluding hydrogens is 527 g/mol. The predicted molar refractivity (Wildman–Crippen MR) is 131 cm³/mol. The number of rotatable bonds is 5. The molecule has 8 nitrogen and oxygen atoms in total. The molecule has 2 saturated heterocycles. The van der Waals surface area contributed by atoms with Crippen molar-refractivity contribution in [3.8, 4) is 0 Å². The Balaban J connectivity index is 0.000000532. The van der Waals surface area contributed by atoms with Crippen LogP contribution in [-0.2, 0) is 9.59 Å². The summed E-state index contributed by atoms with van der Waals surface area (Å²) in [7, 11) is 0. The quantitative estimate of drug-likeness (QED) is 0.529. The van der Waals surface area contributed by atoms with Crippen LogP contribution in [0.4, 0.5) is 27.6 Å². The van der Waals surface area contributed by atoms with Crippen molar-refractivity contribution in [1.29, 1.82) is 0 Å². The second-order valence-corrected chi connectivity index (χ2v) is 9.31. The van der Waals surface area contributed by atoms with Crippen LogP contribution in [0.25, 0.3) is 0 Å². The molecule has 2 N–H and O–H groups in total. The van der Waals surface area contributed by atoms with Crippen LogP contribution in [0.5, 0.6) is 0 Å². The molecule has 1 spiro atoms. The van der Waals surface area contributed by atoms with E-state index in [0.717, 1.165) is 50.9 Å². The molecule has 2 fully saturated rings. The number of hydrogen-bond acceptors (Lipinski definition) is 5. The topological polar surface area (TPSA) is 103 Å². The summed E-state index contributed by atoms with van der Waals surface area (Å²) in [6.45, 7) is 2.21. The number of alkyl halides is 5. The van der Waals surface area contributed by atoms with Crippen LogP contribution < -0.4 is 10.2 Å². The van der Waals surface area contributed by atoms with Crippen molar-refractivity contribution in [2.75, 3.05) is 31.1 Å². The van der Waals surface area contributed by atoms with E-state index in [1.807, 2.05) is 11.0 Å².